The molecule has 4 heterocycles. The molecule has 2 saturated heterocycles. The van der Waals surface area contributed by atoms with E-state index >= 15 is 0 Å². The number of aryl methyl sites for hydroxylation is 1. The molecule has 2 fully saturated rings. The maximum absolute atomic E-state index is 12.7. The summed E-state index contributed by atoms with van der Waals surface area (Å²) in [4.78, 5) is 48.9. The quantitative estimate of drug-likeness (QED) is 0.139. The van der Waals surface area contributed by atoms with Crippen LogP contribution in [0.4, 0.5) is 17.6 Å². The summed E-state index contributed by atoms with van der Waals surface area (Å²) in [6.45, 7) is 8.58. The number of amides is 1. The molecule has 47 heavy (non-hydrogen) atoms. The van der Waals surface area contributed by atoms with E-state index in [1.165, 1.54) is 7.11 Å². The summed E-state index contributed by atoms with van der Waals surface area (Å²) in [5.74, 6) is 1.48. The topological polar surface area (TPSA) is 187 Å². The predicted octanol–water partition coefficient (Wildman–Crippen LogP) is 0.432. The first-order chi connectivity index (χ1) is 22.9. The van der Waals surface area contributed by atoms with Gasteiger partial charge in [-0.3, -0.25) is 19.1 Å². The number of nitrogens with zero attached hydrogens (tertiary/aromatic N) is 7. The number of morpholine rings is 1. The molecule has 3 N–H and O–H groups in total. The summed E-state index contributed by atoms with van der Waals surface area (Å²) in [6, 6.07) is 2.12. The molecule has 0 spiro atoms. The van der Waals surface area contributed by atoms with Crippen molar-refractivity contribution in [3.05, 3.63) is 18.0 Å². The van der Waals surface area contributed by atoms with Gasteiger partial charge in [0.15, 0.2) is 0 Å². The fraction of sp³-hybridized carbons (Fsp3) is 0.700. The summed E-state index contributed by atoms with van der Waals surface area (Å²) in [7, 11) is 1.36. The molecule has 0 atom stereocenters. The standard InChI is InChI=1S/C30H48N10O7/c1-3-47-29(43)21-31-9-5-27(41)39-11-6-23(7-12-39)33-25-19-26(38-13-17-46-18-14-38)35-30(34-25)32-20-24-22-40(37-36-24)10-4-15-45-16-8-28(42)44-2/h19,22-23,31H,3-18,20-21H2,1-2H3,(H2,32,33,34,35). The van der Waals surface area contributed by atoms with Crippen LogP contribution in [0.5, 0.6) is 0 Å². The number of aromatic nitrogens is 5. The Bertz CT molecular complexity index is 1270. The molecular weight excluding hydrogens is 612 g/mol. The second-order valence-corrected chi connectivity index (χ2v) is 11.2. The molecular formula is C30H48N10O7. The third-order valence-corrected chi connectivity index (χ3v) is 7.71. The lowest BCUT2D eigenvalue weighted by Gasteiger charge is -2.33. The minimum absolute atomic E-state index is 0.0730. The number of ether oxygens (including phenoxy) is 4. The van der Waals surface area contributed by atoms with E-state index in [4.69, 9.17) is 24.2 Å². The van der Waals surface area contributed by atoms with E-state index in [0.717, 1.165) is 43.9 Å². The van der Waals surface area contributed by atoms with E-state index in [1.54, 1.807) is 11.6 Å². The van der Waals surface area contributed by atoms with Gasteiger partial charge < -0.3 is 44.7 Å². The highest BCUT2D eigenvalue weighted by Gasteiger charge is 2.24. The van der Waals surface area contributed by atoms with Gasteiger partial charge in [-0.2, -0.15) is 9.97 Å². The van der Waals surface area contributed by atoms with Gasteiger partial charge in [-0.15, -0.1) is 5.10 Å². The highest BCUT2D eigenvalue weighted by atomic mass is 16.5. The van der Waals surface area contributed by atoms with Gasteiger partial charge in [0.2, 0.25) is 11.9 Å². The zero-order valence-electron chi connectivity index (χ0n) is 27.4. The van der Waals surface area contributed by atoms with Crippen LogP contribution in [0.15, 0.2) is 12.3 Å². The maximum atomic E-state index is 12.7. The van der Waals surface area contributed by atoms with Crippen molar-refractivity contribution in [3.63, 3.8) is 0 Å². The highest BCUT2D eigenvalue weighted by Crippen LogP contribution is 2.23. The highest BCUT2D eigenvalue weighted by molar-refractivity contribution is 5.76. The van der Waals surface area contributed by atoms with Crippen molar-refractivity contribution in [2.24, 2.45) is 0 Å². The minimum atomic E-state index is -0.316. The lowest BCUT2D eigenvalue weighted by molar-refractivity contribution is -0.142. The van der Waals surface area contributed by atoms with Crippen LogP contribution in [0.1, 0.15) is 44.7 Å². The maximum Gasteiger partial charge on any atom is 0.319 e. The van der Waals surface area contributed by atoms with Crippen LogP contribution in [0.3, 0.4) is 0 Å². The monoisotopic (exact) mass is 660 g/mol. The Labute approximate surface area is 275 Å². The van der Waals surface area contributed by atoms with Crippen molar-refractivity contribution in [3.8, 4) is 0 Å². The molecule has 2 aromatic rings. The number of likely N-dealkylation sites (tertiary alicyclic amines) is 1. The number of anilines is 3. The number of methoxy groups -OCH3 is 1. The van der Waals surface area contributed by atoms with E-state index in [0.29, 0.717) is 83.9 Å². The van der Waals surface area contributed by atoms with Crippen LogP contribution in [-0.2, 0) is 46.4 Å². The molecule has 1 amide bonds. The molecule has 17 heteroatoms. The lowest BCUT2D eigenvalue weighted by Crippen LogP contribution is -2.43. The van der Waals surface area contributed by atoms with Crippen molar-refractivity contribution in [2.75, 3.05) is 94.9 Å². The smallest absolute Gasteiger partial charge is 0.319 e. The third-order valence-electron chi connectivity index (χ3n) is 7.71. The Balaban J connectivity index is 1.25. The first-order valence-corrected chi connectivity index (χ1v) is 16.3. The van der Waals surface area contributed by atoms with Crippen LogP contribution >= 0.6 is 0 Å². The molecule has 0 saturated carbocycles. The van der Waals surface area contributed by atoms with Crippen LogP contribution in [0, 0.1) is 0 Å². The van der Waals surface area contributed by atoms with Gasteiger partial charge in [0.25, 0.3) is 0 Å². The summed E-state index contributed by atoms with van der Waals surface area (Å²) in [5.41, 5.74) is 0.750. The lowest BCUT2D eigenvalue weighted by atomic mass is 10.0. The number of carbonyl (C=O) groups excluding carboxylic acids is 3. The van der Waals surface area contributed by atoms with E-state index in [9.17, 15) is 14.4 Å². The average Bonchev–Trinajstić information content (AvgIpc) is 3.55. The second kappa shape index (κ2) is 19.5. The number of carbonyl (C=O) groups is 3. The van der Waals surface area contributed by atoms with Gasteiger partial charge in [0, 0.05) is 64.4 Å². The van der Waals surface area contributed by atoms with Crippen molar-refractivity contribution in [1.29, 1.82) is 0 Å². The Kier molecular flexibility index (Phi) is 14.9. The molecule has 260 valence electrons. The second-order valence-electron chi connectivity index (χ2n) is 11.2. The molecule has 0 unspecified atom stereocenters. The summed E-state index contributed by atoms with van der Waals surface area (Å²) in [6.07, 6.45) is 4.77. The van der Waals surface area contributed by atoms with Gasteiger partial charge in [-0.25, -0.2) is 0 Å². The fourth-order valence-corrected chi connectivity index (χ4v) is 5.17. The van der Waals surface area contributed by atoms with Gasteiger partial charge in [0.1, 0.15) is 17.3 Å². The minimum Gasteiger partial charge on any atom is -0.469 e. The van der Waals surface area contributed by atoms with E-state index in [1.807, 2.05) is 17.2 Å². The third kappa shape index (κ3) is 12.6. The Morgan fingerprint density at radius 3 is 2.62 bits per heavy atom. The molecule has 0 radical (unpaired) electrons. The number of nitrogens with one attached hydrogen (secondary N) is 3. The van der Waals surface area contributed by atoms with Gasteiger partial charge in [-0.05, 0) is 26.2 Å². The Hall–Kier alpha value is -4.09. The van der Waals surface area contributed by atoms with E-state index in [2.05, 4.69) is 35.9 Å². The Morgan fingerprint density at radius 2 is 1.85 bits per heavy atom. The zero-order chi connectivity index (χ0) is 33.3. The fourth-order valence-electron chi connectivity index (χ4n) is 5.17. The largest absolute Gasteiger partial charge is 0.469 e. The number of esters is 2. The van der Waals surface area contributed by atoms with Crippen molar-refractivity contribution >= 4 is 35.4 Å². The number of piperidine rings is 1. The predicted molar refractivity (Wildman–Crippen MR) is 172 cm³/mol. The van der Waals surface area contributed by atoms with Crippen molar-refractivity contribution in [1.82, 2.24) is 35.2 Å². The van der Waals surface area contributed by atoms with Gasteiger partial charge in [0.05, 0.1) is 59.2 Å². The van der Waals surface area contributed by atoms with E-state index < -0.39 is 0 Å². The average molecular weight is 661 g/mol. The van der Waals surface area contributed by atoms with Crippen molar-refractivity contribution < 1.29 is 33.3 Å². The Morgan fingerprint density at radius 1 is 1.04 bits per heavy atom. The summed E-state index contributed by atoms with van der Waals surface area (Å²) < 4.78 is 22.3. The molecule has 17 nitrogen and oxygen atoms in total. The van der Waals surface area contributed by atoms with Crippen LogP contribution < -0.4 is 20.9 Å². The van der Waals surface area contributed by atoms with Crippen LogP contribution in [0.25, 0.3) is 0 Å². The first kappa shape index (κ1) is 35.8. The summed E-state index contributed by atoms with van der Waals surface area (Å²) in [5, 5.41) is 18.3. The van der Waals surface area contributed by atoms with Crippen molar-refractivity contribution in [2.45, 2.75) is 58.2 Å². The zero-order valence-corrected chi connectivity index (χ0v) is 27.4. The van der Waals surface area contributed by atoms with E-state index in [-0.39, 0.29) is 36.9 Å². The number of hydrogen-bond donors (Lipinski definition) is 3. The molecule has 0 bridgehead atoms. The number of rotatable bonds is 19. The van der Waals surface area contributed by atoms with Crippen LogP contribution in [-0.4, -0.2) is 133 Å². The van der Waals surface area contributed by atoms with Gasteiger partial charge >= 0.3 is 11.9 Å². The SMILES string of the molecule is CCOC(=O)CNCCC(=O)N1CCC(Nc2cc(N3CCOCC3)nc(NCc3cn(CCCOCCC(=O)OC)nn3)n2)CC1. The summed E-state index contributed by atoms with van der Waals surface area (Å²) >= 11 is 0. The molecule has 2 aromatic heterocycles. The first-order valence-electron chi connectivity index (χ1n) is 16.3. The number of hydrogen-bond acceptors (Lipinski definition) is 15. The van der Waals surface area contributed by atoms with Gasteiger partial charge in [-0.1, -0.05) is 5.21 Å². The molecule has 0 aliphatic carbocycles. The van der Waals surface area contributed by atoms with Crippen LogP contribution in [0.2, 0.25) is 0 Å². The molecule has 0 aromatic carbocycles. The molecule has 4 rings (SSSR count). The molecule has 2 aliphatic heterocycles. The normalized spacial score (nSPS) is 15.4. The molecule has 2 aliphatic rings.